The van der Waals surface area contributed by atoms with Gasteiger partial charge in [-0.15, -0.1) is 0 Å². The zero-order valence-corrected chi connectivity index (χ0v) is 16.7. The van der Waals surface area contributed by atoms with Gasteiger partial charge in [0.25, 0.3) is 0 Å². The average Bonchev–Trinajstić information content (AvgIpc) is 3.10. The summed E-state index contributed by atoms with van der Waals surface area (Å²) in [5, 5.41) is 7.64. The summed E-state index contributed by atoms with van der Waals surface area (Å²) >= 11 is 0. The number of carbonyl (C=O) groups is 1. The van der Waals surface area contributed by atoms with Crippen LogP contribution in [0.25, 0.3) is 0 Å². The Morgan fingerprint density at radius 1 is 1.33 bits per heavy atom. The lowest BCUT2D eigenvalue weighted by atomic mass is 10.0. The van der Waals surface area contributed by atoms with Crippen molar-refractivity contribution < 1.29 is 4.79 Å². The minimum atomic E-state index is 0.0261. The number of likely N-dealkylation sites (tertiary alicyclic amines) is 1. The highest BCUT2D eigenvalue weighted by Gasteiger charge is 2.34. The molecule has 1 saturated heterocycles. The van der Waals surface area contributed by atoms with Crippen molar-refractivity contribution in [2.45, 2.75) is 33.0 Å². The van der Waals surface area contributed by atoms with Crippen molar-refractivity contribution in [1.29, 1.82) is 0 Å². The van der Waals surface area contributed by atoms with Crippen LogP contribution in [-0.2, 0) is 17.9 Å². The Balaban J connectivity index is 1.62. The maximum atomic E-state index is 12.6. The Labute approximate surface area is 161 Å². The Kier molecular flexibility index (Phi) is 6.23. The molecule has 3 rings (SSSR count). The number of carbonyl (C=O) groups excluding carboxylic acids is 1. The summed E-state index contributed by atoms with van der Waals surface area (Å²) in [4.78, 5) is 21.4. The molecule has 1 N–H and O–H groups in total. The van der Waals surface area contributed by atoms with Gasteiger partial charge in [0.1, 0.15) is 6.54 Å². The smallest absolute Gasteiger partial charge is 0.242 e. The third-order valence-corrected chi connectivity index (χ3v) is 4.99. The molecule has 3 heterocycles. The standard InChI is InChI=1S/C20H30N6O/c1-15-8-16(2)26(23-15)14-20(27)22-19-13-25(12-18(19)11-24(3)4)10-17-6-5-7-21-9-17/h5-9,18-19H,10-14H2,1-4H3,(H,22,27)/t18-,19-/m1/s1. The van der Waals surface area contributed by atoms with E-state index in [1.54, 1.807) is 10.9 Å². The van der Waals surface area contributed by atoms with E-state index < -0.39 is 0 Å². The first-order valence-corrected chi connectivity index (χ1v) is 9.47. The molecule has 1 aliphatic rings. The molecule has 0 unspecified atom stereocenters. The molecule has 7 heteroatoms. The summed E-state index contributed by atoms with van der Waals surface area (Å²) in [6, 6.07) is 6.21. The Morgan fingerprint density at radius 2 is 2.15 bits per heavy atom. The maximum Gasteiger partial charge on any atom is 0.242 e. The van der Waals surface area contributed by atoms with E-state index in [0.29, 0.717) is 5.92 Å². The quantitative estimate of drug-likeness (QED) is 0.790. The first-order valence-electron chi connectivity index (χ1n) is 9.47. The number of aromatic nitrogens is 3. The van der Waals surface area contributed by atoms with E-state index in [0.717, 1.165) is 37.6 Å². The number of nitrogens with zero attached hydrogens (tertiary/aromatic N) is 5. The van der Waals surface area contributed by atoms with Crippen LogP contribution in [0, 0.1) is 19.8 Å². The molecular weight excluding hydrogens is 340 g/mol. The fourth-order valence-electron chi connectivity index (χ4n) is 3.88. The van der Waals surface area contributed by atoms with Crippen molar-refractivity contribution in [3.63, 3.8) is 0 Å². The third kappa shape index (κ3) is 5.37. The van der Waals surface area contributed by atoms with Crippen LogP contribution in [0.5, 0.6) is 0 Å². The molecule has 0 bridgehead atoms. The number of pyridine rings is 1. The number of aryl methyl sites for hydroxylation is 2. The van der Waals surface area contributed by atoms with Crippen LogP contribution in [0.15, 0.2) is 30.6 Å². The molecule has 146 valence electrons. The predicted octanol–water partition coefficient (Wildman–Crippen LogP) is 1.07. The van der Waals surface area contributed by atoms with Gasteiger partial charge in [-0.25, -0.2) is 0 Å². The second-order valence-electron chi connectivity index (χ2n) is 7.84. The van der Waals surface area contributed by atoms with Crippen LogP contribution in [-0.4, -0.2) is 70.2 Å². The van der Waals surface area contributed by atoms with E-state index in [9.17, 15) is 4.79 Å². The van der Waals surface area contributed by atoms with Gasteiger partial charge in [-0.2, -0.15) is 5.10 Å². The number of nitrogens with one attached hydrogen (secondary N) is 1. The first kappa shape index (κ1) is 19.5. The average molecular weight is 371 g/mol. The fraction of sp³-hybridized carbons (Fsp3) is 0.550. The fourth-order valence-corrected chi connectivity index (χ4v) is 3.88. The Bertz CT molecular complexity index is 757. The molecular formula is C20H30N6O. The van der Waals surface area contributed by atoms with Crippen molar-refractivity contribution in [3.05, 3.63) is 47.5 Å². The highest BCUT2D eigenvalue weighted by molar-refractivity contribution is 5.76. The molecule has 1 fully saturated rings. The highest BCUT2D eigenvalue weighted by Crippen LogP contribution is 2.20. The molecule has 1 amide bonds. The monoisotopic (exact) mass is 370 g/mol. The van der Waals surface area contributed by atoms with Crippen LogP contribution in [0.1, 0.15) is 17.0 Å². The molecule has 2 atom stereocenters. The summed E-state index contributed by atoms with van der Waals surface area (Å²) in [7, 11) is 4.16. The molecule has 2 aromatic rings. The summed E-state index contributed by atoms with van der Waals surface area (Å²) in [6.45, 7) is 7.84. The summed E-state index contributed by atoms with van der Waals surface area (Å²) in [5.74, 6) is 0.430. The lowest BCUT2D eigenvalue weighted by Gasteiger charge is -2.23. The SMILES string of the molecule is Cc1cc(C)n(CC(=O)N[C@@H]2CN(Cc3cccnc3)C[C@H]2CN(C)C)n1. The van der Waals surface area contributed by atoms with Crippen molar-refractivity contribution >= 4 is 5.91 Å². The summed E-state index contributed by atoms with van der Waals surface area (Å²) < 4.78 is 1.77. The van der Waals surface area contributed by atoms with Crippen molar-refractivity contribution in [2.75, 3.05) is 33.7 Å². The molecule has 2 aromatic heterocycles. The van der Waals surface area contributed by atoms with E-state index in [-0.39, 0.29) is 18.5 Å². The van der Waals surface area contributed by atoms with Gasteiger partial charge in [0.05, 0.1) is 5.69 Å². The minimum absolute atomic E-state index is 0.0261. The van der Waals surface area contributed by atoms with E-state index >= 15 is 0 Å². The molecule has 0 radical (unpaired) electrons. The Morgan fingerprint density at radius 3 is 2.78 bits per heavy atom. The van der Waals surface area contributed by atoms with Crippen LogP contribution >= 0.6 is 0 Å². The number of rotatable bonds is 7. The second kappa shape index (κ2) is 8.63. The van der Waals surface area contributed by atoms with E-state index in [4.69, 9.17) is 0 Å². The predicted molar refractivity (Wildman–Crippen MR) is 105 cm³/mol. The minimum Gasteiger partial charge on any atom is -0.350 e. The first-order chi connectivity index (χ1) is 12.9. The molecule has 7 nitrogen and oxygen atoms in total. The van der Waals surface area contributed by atoms with Crippen molar-refractivity contribution in [1.82, 2.24) is 29.9 Å². The highest BCUT2D eigenvalue weighted by atomic mass is 16.2. The molecule has 0 spiro atoms. The van der Waals surface area contributed by atoms with Crippen LogP contribution in [0.3, 0.4) is 0 Å². The van der Waals surface area contributed by atoms with Crippen LogP contribution in [0.4, 0.5) is 0 Å². The van der Waals surface area contributed by atoms with Crippen LogP contribution in [0.2, 0.25) is 0 Å². The van der Waals surface area contributed by atoms with Gasteiger partial charge in [0.2, 0.25) is 5.91 Å². The molecule has 1 aliphatic heterocycles. The van der Waals surface area contributed by atoms with Crippen molar-refractivity contribution in [2.24, 2.45) is 5.92 Å². The Hall–Kier alpha value is -2.25. The van der Waals surface area contributed by atoms with Gasteiger partial charge < -0.3 is 10.2 Å². The zero-order chi connectivity index (χ0) is 19.4. The lowest BCUT2D eigenvalue weighted by Crippen LogP contribution is -2.44. The van der Waals surface area contributed by atoms with Gasteiger partial charge >= 0.3 is 0 Å². The summed E-state index contributed by atoms with van der Waals surface area (Å²) in [6.07, 6.45) is 3.71. The lowest BCUT2D eigenvalue weighted by molar-refractivity contribution is -0.122. The van der Waals surface area contributed by atoms with Gasteiger partial charge in [-0.3, -0.25) is 19.4 Å². The number of hydrogen-bond acceptors (Lipinski definition) is 5. The van der Waals surface area contributed by atoms with E-state index in [2.05, 4.69) is 45.4 Å². The normalized spacial score (nSPS) is 20.3. The molecule has 0 saturated carbocycles. The van der Waals surface area contributed by atoms with E-state index in [1.165, 1.54) is 5.56 Å². The molecule has 27 heavy (non-hydrogen) atoms. The maximum absolute atomic E-state index is 12.6. The van der Waals surface area contributed by atoms with E-state index in [1.807, 2.05) is 32.2 Å². The van der Waals surface area contributed by atoms with Gasteiger partial charge in [0, 0.05) is 56.2 Å². The number of hydrogen-bond donors (Lipinski definition) is 1. The number of amides is 1. The van der Waals surface area contributed by atoms with Crippen LogP contribution < -0.4 is 5.32 Å². The second-order valence-corrected chi connectivity index (χ2v) is 7.84. The molecule has 0 aromatic carbocycles. The third-order valence-electron chi connectivity index (χ3n) is 4.99. The molecule has 0 aliphatic carbocycles. The zero-order valence-electron chi connectivity index (χ0n) is 16.7. The van der Waals surface area contributed by atoms with Gasteiger partial charge in [0.15, 0.2) is 0 Å². The summed E-state index contributed by atoms with van der Waals surface area (Å²) in [5.41, 5.74) is 3.15. The topological polar surface area (TPSA) is 66.3 Å². The van der Waals surface area contributed by atoms with Gasteiger partial charge in [-0.05, 0) is 45.6 Å². The van der Waals surface area contributed by atoms with Crippen molar-refractivity contribution in [3.8, 4) is 0 Å². The van der Waals surface area contributed by atoms with Gasteiger partial charge in [-0.1, -0.05) is 6.07 Å². The largest absolute Gasteiger partial charge is 0.350 e.